The van der Waals surface area contributed by atoms with Crippen LogP contribution in [0.4, 0.5) is 0 Å². The van der Waals surface area contributed by atoms with Gasteiger partial charge in [0.05, 0.1) is 36.1 Å². The lowest BCUT2D eigenvalue weighted by Gasteiger charge is -2.29. The zero-order valence-corrected chi connectivity index (χ0v) is 61.9. The van der Waals surface area contributed by atoms with E-state index in [2.05, 4.69) is 86.3 Å². The molecule has 6 nitrogen and oxygen atoms in total. The number of aromatic nitrogens is 2. The molecule has 6 heterocycles. The van der Waals surface area contributed by atoms with Crippen molar-refractivity contribution in [3.05, 3.63) is 65.5 Å². The van der Waals surface area contributed by atoms with Gasteiger partial charge in [-0.25, -0.2) is 9.97 Å². The van der Waals surface area contributed by atoms with Crippen LogP contribution >= 0.6 is 61.3 Å². The first kappa shape index (κ1) is 74.6. The number of rotatable bonds is 54. The monoisotopic (exact) mass is 1340 g/mol. The van der Waals surface area contributed by atoms with Gasteiger partial charge in [-0.1, -0.05) is 286 Å². The van der Waals surface area contributed by atoms with Gasteiger partial charge in [0.15, 0.2) is 0 Å². The molecule has 0 aliphatic carbocycles. The highest BCUT2D eigenvalue weighted by Gasteiger charge is 2.51. The smallest absolute Gasteiger partial charge is 0.261 e. The van der Waals surface area contributed by atoms with E-state index in [0.717, 1.165) is 69.7 Å². The average molecular weight is 1350 g/mol. The van der Waals surface area contributed by atoms with Crippen molar-refractivity contribution in [2.24, 2.45) is 11.8 Å². The molecule has 0 N–H and O–H groups in total. The predicted molar refractivity (Wildman–Crippen MR) is 392 cm³/mol. The van der Waals surface area contributed by atoms with Gasteiger partial charge in [0.25, 0.3) is 11.8 Å². The van der Waals surface area contributed by atoms with Crippen molar-refractivity contribution in [2.45, 2.75) is 344 Å². The van der Waals surface area contributed by atoms with Gasteiger partial charge >= 0.3 is 0 Å². The fraction of sp³-hybridized carbons (Fsp3) is 0.740. The predicted octanol–water partition coefficient (Wildman–Crippen LogP) is 26.5. The highest BCUT2D eigenvalue weighted by molar-refractivity contribution is 9.11. The van der Waals surface area contributed by atoms with Crippen molar-refractivity contribution in [3.8, 4) is 19.5 Å². The topological polar surface area (TPSA) is 66.4 Å². The van der Waals surface area contributed by atoms with E-state index in [1.165, 1.54) is 286 Å². The zero-order chi connectivity index (χ0) is 62.6. The van der Waals surface area contributed by atoms with Crippen LogP contribution in [-0.2, 0) is 22.4 Å². The second-order valence-electron chi connectivity index (χ2n) is 26.8. The Labute approximate surface area is 563 Å². The molecule has 11 heteroatoms. The van der Waals surface area contributed by atoms with Crippen molar-refractivity contribution in [1.82, 2.24) is 19.8 Å². The lowest BCUT2D eigenvalue weighted by molar-refractivity contribution is -0.124. The van der Waals surface area contributed by atoms with Crippen LogP contribution in [0.25, 0.3) is 30.9 Å². The summed E-state index contributed by atoms with van der Waals surface area (Å²) in [6.45, 7) is 17.3. The Morgan fingerprint density at radius 1 is 0.375 bits per heavy atom. The Bertz CT molecular complexity index is 2440. The number of carbonyl (C=O) groups excluding carboxylic acids is 2. The first-order chi connectivity index (χ1) is 43.2. The molecule has 2 aliphatic rings. The molecule has 2 aliphatic heterocycles. The number of nitrogens with zero attached hydrogens (tertiary/aromatic N) is 4. The van der Waals surface area contributed by atoms with Crippen LogP contribution in [0, 0.1) is 18.8 Å². The van der Waals surface area contributed by atoms with E-state index in [-0.39, 0.29) is 11.8 Å². The Kier molecular flexibility index (Phi) is 37.5. The molecular formula is C77H123BrN4O2S4. The Morgan fingerprint density at radius 3 is 1.03 bits per heavy atom. The fourth-order valence-electron chi connectivity index (χ4n) is 13.7. The maximum atomic E-state index is 16.2. The Morgan fingerprint density at radius 2 is 0.670 bits per heavy atom. The number of aryl methyl sites for hydroxylation is 3. The quantitative estimate of drug-likeness (QED) is 0.0413. The minimum absolute atomic E-state index is 0.0235. The Balaban J connectivity index is 1.36. The highest BCUT2D eigenvalue weighted by atomic mass is 79.9. The van der Waals surface area contributed by atoms with Crippen LogP contribution < -0.4 is 0 Å². The van der Waals surface area contributed by atoms with Gasteiger partial charge in [-0.3, -0.25) is 9.59 Å². The zero-order valence-electron chi connectivity index (χ0n) is 57.0. The third-order valence-electron chi connectivity index (χ3n) is 19.2. The molecule has 0 bridgehead atoms. The summed E-state index contributed by atoms with van der Waals surface area (Å²) < 4.78 is 1.21. The van der Waals surface area contributed by atoms with Crippen LogP contribution in [0.15, 0.2) is 39.5 Å². The SMILES string of the molecule is CCCCCCCCCCCCc1cc(-c2cnc(C3=C4C(=O)N(CC(CCCCCC)CCCCCCCC)C(c5ncc(-c6cc(CCCCCCCCCCCC)c(Br)s6)s5)=C4C(=O)N3CC(CCCCCC)CCCCCCCC)s2)sc1C. The second kappa shape index (κ2) is 44.2. The van der Waals surface area contributed by atoms with Gasteiger partial charge in [0, 0.05) is 40.1 Å². The van der Waals surface area contributed by atoms with Crippen molar-refractivity contribution < 1.29 is 9.59 Å². The molecule has 4 aromatic heterocycles. The van der Waals surface area contributed by atoms with Crippen LogP contribution in [0.1, 0.15) is 350 Å². The summed E-state index contributed by atoms with van der Waals surface area (Å²) in [6, 6.07) is 4.81. The minimum Gasteiger partial charge on any atom is -0.304 e. The first-order valence-corrected chi connectivity index (χ1v) is 41.2. The van der Waals surface area contributed by atoms with Crippen molar-refractivity contribution in [1.29, 1.82) is 0 Å². The van der Waals surface area contributed by atoms with Crippen LogP contribution in [0.5, 0.6) is 0 Å². The number of thiazole rings is 2. The molecule has 0 saturated carbocycles. The van der Waals surface area contributed by atoms with E-state index in [9.17, 15) is 0 Å². The summed E-state index contributed by atoms with van der Waals surface area (Å²) in [6.07, 6.45) is 62.2. The molecule has 0 spiro atoms. The number of hydrogen-bond donors (Lipinski definition) is 0. The molecule has 2 atom stereocenters. The number of carbonyl (C=O) groups is 2. The van der Waals surface area contributed by atoms with Gasteiger partial charge in [-0.05, 0) is 109 Å². The van der Waals surface area contributed by atoms with Crippen molar-refractivity contribution in [3.63, 3.8) is 0 Å². The van der Waals surface area contributed by atoms with Crippen LogP contribution in [0.2, 0.25) is 0 Å². The van der Waals surface area contributed by atoms with Gasteiger partial charge in [0.1, 0.15) is 10.0 Å². The fourth-order valence-corrected chi connectivity index (χ4v) is 18.6. The molecule has 0 radical (unpaired) electrons. The van der Waals surface area contributed by atoms with Crippen LogP contribution in [-0.4, -0.2) is 44.7 Å². The van der Waals surface area contributed by atoms with E-state index >= 15 is 9.59 Å². The molecule has 2 unspecified atom stereocenters. The first-order valence-electron chi connectivity index (χ1n) is 37.1. The van der Waals surface area contributed by atoms with E-state index < -0.39 is 0 Å². The normalized spacial score (nSPS) is 14.3. The number of unbranched alkanes of at least 4 members (excludes halogenated alkanes) is 34. The molecule has 494 valence electrons. The lowest BCUT2D eigenvalue weighted by Crippen LogP contribution is -2.35. The van der Waals surface area contributed by atoms with Gasteiger partial charge in [-0.15, -0.1) is 45.3 Å². The lowest BCUT2D eigenvalue weighted by atomic mass is 9.93. The molecule has 2 amide bonds. The summed E-state index contributed by atoms with van der Waals surface area (Å²) in [5.74, 6) is 0.632. The number of hydrogen-bond acceptors (Lipinski definition) is 8. The number of thiophene rings is 2. The van der Waals surface area contributed by atoms with E-state index in [0.29, 0.717) is 36.1 Å². The second-order valence-corrected chi connectivity index (χ2v) is 32.5. The standard InChI is InChI=1S/C77H123BrN4O2S4/c1-8-14-20-26-30-32-34-36-40-46-52-63-54-65(85-60(63)7)67-56-79-74(87-67)71-69-70(77(84)81(71)58-61(48-42-24-18-12-5)50-44-38-28-22-16-10-3)72(82(76(69)83)59-62(49-43-25-19-13-6)51-45-39-29-23-17-11-4)75-80-57-68(88-75)66-55-64(73(78)86-66)53-47-41-37-35-33-31-27-21-15-9-2/h54-57,61-62H,8-53,58-59H2,1-7H3. The molecule has 4 aromatic rings. The molecule has 6 rings (SSSR count). The van der Waals surface area contributed by atoms with Gasteiger partial charge < -0.3 is 9.80 Å². The van der Waals surface area contributed by atoms with Crippen molar-refractivity contribution in [2.75, 3.05) is 13.1 Å². The number of fused-ring (bicyclic) bond motifs is 1. The minimum atomic E-state index is -0.0235. The van der Waals surface area contributed by atoms with Gasteiger partial charge in [-0.2, -0.15) is 0 Å². The molecule has 0 aromatic carbocycles. The molecule has 88 heavy (non-hydrogen) atoms. The third-order valence-corrected chi connectivity index (χ3v) is 24.7. The Hall–Kier alpha value is -2.44. The molecule has 0 saturated heterocycles. The molecule has 0 fully saturated rings. The van der Waals surface area contributed by atoms with Crippen molar-refractivity contribution >= 4 is 84.5 Å². The average Bonchev–Trinajstić information content (AvgIpc) is 1.58. The number of amides is 2. The summed E-state index contributed by atoms with van der Waals surface area (Å²) >= 11 is 11.1. The van der Waals surface area contributed by atoms with E-state index in [1.54, 1.807) is 34.0 Å². The highest BCUT2D eigenvalue weighted by Crippen LogP contribution is 2.51. The van der Waals surface area contributed by atoms with Gasteiger partial charge in [0.2, 0.25) is 0 Å². The number of halogens is 1. The van der Waals surface area contributed by atoms with Crippen LogP contribution in [0.3, 0.4) is 0 Å². The maximum absolute atomic E-state index is 16.2. The summed E-state index contributed by atoms with van der Waals surface area (Å²) in [5, 5.41) is 1.59. The maximum Gasteiger partial charge on any atom is 0.261 e. The largest absolute Gasteiger partial charge is 0.304 e. The summed E-state index contributed by atoms with van der Waals surface area (Å²) in [4.78, 5) is 53.1. The van der Waals surface area contributed by atoms with E-state index in [4.69, 9.17) is 9.97 Å². The van der Waals surface area contributed by atoms with E-state index in [1.807, 2.05) is 23.7 Å². The third kappa shape index (κ3) is 24.8. The summed E-state index contributed by atoms with van der Waals surface area (Å²) in [5.41, 5.74) is 5.50. The summed E-state index contributed by atoms with van der Waals surface area (Å²) in [7, 11) is 0. The molecular weight excluding hydrogens is 1220 g/mol.